The molecule has 0 radical (unpaired) electrons. The zero-order valence-corrected chi connectivity index (χ0v) is 13.6. The molecule has 0 N–H and O–H groups in total. The summed E-state index contributed by atoms with van der Waals surface area (Å²) in [4.78, 5) is 19.2. The zero-order chi connectivity index (χ0) is 15.4. The fourth-order valence-electron chi connectivity index (χ4n) is 2.60. The summed E-state index contributed by atoms with van der Waals surface area (Å²) in [6.07, 6.45) is 5.55. The number of rotatable bonds is 3. The lowest BCUT2D eigenvalue weighted by Gasteiger charge is -2.27. The molecule has 1 amide bonds. The molecule has 3 rings (SSSR count). The smallest absolute Gasteiger partial charge is 0.286 e. The van der Waals surface area contributed by atoms with Crippen LogP contribution in [-0.2, 0) is 4.79 Å². The lowest BCUT2D eigenvalue weighted by Crippen LogP contribution is -2.33. The third-order valence-electron chi connectivity index (χ3n) is 3.72. The molecule has 0 spiro atoms. The van der Waals surface area contributed by atoms with E-state index in [0.717, 1.165) is 29.6 Å². The lowest BCUT2D eigenvalue weighted by molar-refractivity contribution is -0.113. The van der Waals surface area contributed by atoms with Gasteiger partial charge in [-0.25, -0.2) is 0 Å². The molecule has 4 nitrogen and oxygen atoms in total. The van der Waals surface area contributed by atoms with Crippen LogP contribution < -0.4 is 4.74 Å². The Hall–Kier alpha value is -1.75. The third kappa shape index (κ3) is 3.53. The molecular weight excluding hydrogens is 296 g/mol. The number of thioether (sulfide) groups is 1. The van der Waals surface area contributed by atoms with Gasteiger partial charge in [-0.05, 0) is 61.7 Å². The van der Waals surface area contributed by atoms with Crippen LogP contribution in [0, 0.1) is 0 Å². The van der Waals surface area contributed by atoms with Gasteiger partial charge in [0.1, 0.15) is 5.75 Å². The van der Waals surface area contributed by atoms with Crippen LogP contribution >= 0.6 is 11.8 Å². The fraction of sp³-hybridized carbons (Fsp3) is 0.412. The Bertz CT molecular complexity index is 602. The maximum absolute atomic E-state index is 12.1. The summed E-state index contributed by atoms with van der Waals surface area (Å²) >= 11 is 1.49. The number of carbonyl (C=O) groups is 1. The second kappa shape index (κ2) is 7.01. The molecule has 1 saturated heterocycles. The van der Waals surface area contributed by atoms with Gasteiger partial charge in [-0.1, -0.05) is 12.1 Å². The van der Waals surface area contributed by atoms with Crippen molar-refractivity contribution >= 4 is 28.9 Å². The second-order valence-electron chi connectivity index (χ2n) is 5.36. The topological polar surface area (TPSA) is 41.9 Å². The molecule has 0 unspecified atom stereocenters. The molecule has 1 aromatic rings. The van der Waals surface area contributed by atoms with Crippen LogP contribution in [0.3, 0.4) is 0 Å². The maximum atomic E-state index is 12.1. The normalized spacial score (nSPS) is 20.4. The number of amidine groups is 1. The van der Waals surface area contributed by atoms with Crippen molar-refractivity contribution in [2.24, 2.45) is 4.99 Å². The SMILES string of the molecule is CCOc1ccc(C=C2SC(N3CCCCC3)=NC2=O)cc1. The van der Waals surface area contributed by atoms with E-state index in [1.165, 1.54) is 31.0 Å². The summed E-state index contributed by atoms with van der Waals surface area (Å²) in [6, 6.07) is 7.77. The van der Waals surface area contributed by atoms with Crippen molar-refractivity contribution in [3.8, 4) is 5.75 Å². The van der Waals surface area contributed by atoms with Gasteiger partial charge in [0.2, 0.25) is 0 Å². The van der Waals surface area contributed by atoms with Crippen LogP contribution in [0.2, 0.25) is 0 Å². The molecular formula is C17H20N2O2S. The van der Waals surface area contributed by atoms with Crippen LogP contribution in [0.25, 0.3) is 6.08 Å². The summed E-state index contributed by atoms with van der Waals surface area (Å²) in [5.74, 6) is 0.722. The van der Waals surface area contributed by atoms with Crippen molar-refractivity contribution < 1.29 is 9.53 Å². The first-order chi connectivity index (χ1) is 10.8. The zero-order valence-electron chi connectivity index (χ0n) is 12.7. The molecule has 1 aromatic carbocycles. The number of amides is 1. The van der Waals surface area contributed by atoms with E-state index in [9.17, 15) is 4.79 Å². The summed E-state index contributed by atoms with van der Waals surface area (Å²) in [6.45, 7) is 4.63. The summed E-state index contributed by atoms with van der Waals surface area (Å²) in [7, 11) is 0. The molecule has 0 saturated carbocycles. The maximum Gasteiger partial charge on any atom is 0.286 e. The Balaban J connectivity index is 1.69. The molecule has 0 atom stereocenters. The Morgan fingerprint density at radius 2 is 1.95 bits per heavy atom. The Morgan fingerprint density at radius 3 is 2.64 bits per heavy atom. The monoisotopic (exact) mass is 316 g/mol. The van der Waals surface area contributed by atoms with E-state index in [1.807, 2.05) is 37.3 Å². The quantitative estimate of drug-likeness (QED) is 0.800. The van der Waals surface area contributed by atoms with Crippen LogP contribution in [0.1, 0.15) is 31.7 Å². The van der Waals surface area contributed by atoms with Crippen LogP contribution in [0.4, 0.5) is 0 Å². The van der Waals surface area contributed by atoms with Crippen molar-refractivity contribution in [1.82, 2.24) is 4.90 Å². The number of carbonyl (C=O) groups excluding carboxylic acids is 1. The molecule has 2 aliphatic rings. The standard InChI is InChI=1S/C17H20N2O2S/c1-2-21-14-8-6-13(7-9-14)12-15-16(20)18-17(22-15)19-10-4-3-5-11-19/h6-9,12H,2-5,10-11H2,1H3. The third-order valence-corrected chi connectivity index (χ3v) is 4.77. The Kier molecular flexibility index (Phi) is 4.83. The van der Waals surface area contributed by atoms with E-state index in [0.29, 0.717) is 11.5 Å². The molecule has 2 heterocycles. The summed E-state index contributed by atoms with van der Waals surface area (Å²) in [5.41, 5.74) is 0.995. The van der Waals surface area contributed by atoms with Gasteiger partial charge in [-0.2, -0.15) is 4.99 Å². The van der Waals surface area contributed by atoms with E-state index in [2.05, 4.69) is 9.89 Å². The average molecular weight is 316 g/mol. The molecule has 116 valence electrons. The van der Waals surface area contributed by atoms with Gasteiger partial charge in [0, 0.05) is 13.1 Å². The molecule has 2 aliphatic heterocycles. The summed E-state index contributed by atoms with van der Waals surface area (Å²) in [5, 5.41) is 0.863. The van der Waals surface area contributed by atoms with Crippen molar-refractivity contribution in [3.05, 3.63) is 34.7 Å². The largest absolute Gasteiger partial charge is 0.494 e. The highest BCUT2D eigenvalue weighted by Gasteiger charge is 2.26. The number of nitrogens with zero attached hydrogens (tertiary/aromatic N) is 2. The molecule has 0 bridgehead atoms. The number of likely N-dealkylation sites (tertiary alicyclic amines) is 1. The number of piperidine rings is 1. The Morgan fingerprint density at radius 1 is 1.23 bits per heavy atom. The van der Waals surface area contributed by atoms with Gasteiger partial charge in [0.05, 0.1) is 11.5 Å². The van der Waals surface area contributed by atoms with Crippen molar-refractivity contribution in [2.75, 3.05) is 19.7 Å². The van der Waals surface area contributed by atoms with Crippen LogP contribution in [0.15, 0.2) is 34.2 Å². The highest BCUT2D eigenvalue weighted by molar-refractivity contribution is 8.18. The first-order valence-corrected chi connectivity index (χ1v) is 8.58. The molecule has 1 fully saturated rings. The Labute approximate surface area is 135 Å². The number of hydrogen-bond acceptors (Lipinski definition) is 4. The van der Waals surface area contributed by atoms with E-state index >= 15 is 0 Å². The van der Waals surface area contributed by atoms with Gasteiger partial charge in [0.25, 0.3) is 5.91 Å². The van der Waals surface area contributed by atoms with Crippen molar-refractivity contribution in [2.45, 2.75) is 26.2 Å². The number of benzene rings is 1. The predicted octanol–water partition coefficient (Wildman–Crippen LogP) is 3.54. The van der Waals surface area contributed by atoms with Crippen molar-refractivity contribution in [3.63, 3.8) is 0 Å². The number of hydrogen-bond donors (Lipinski definition) is 0. The highest BCUT2D eigenvalue weighted by Crippen LogP contribution is 2.31. The molecule has 0 aromatic heterocycles. The van der Waals surface area contributed by atoms with Gasteiger partial charge in [0.15, 0.2) is 5.17 Å². The lowest BCUT2D eigenvalue weighted by atomic mass is 10.1. The van der Waals surface area contributed by atoms with Gasteiger partial charge < -0.3 is 9.64 Å². The predicted molar refractivity (Wildman–Crippen MR) is 91.0 cm³/mol. The first-order valence-electron chi connectivity index (χ1n) is 7.76. The van der Waals surface area contributed by atoms with Crippen LogP contribution in [0.5, 0.6) is 5.75 Å². The van der Waals surface area contributed by atoms with Gasteiger partial charge in [-0.3, -0.25) is 4.79 Å². The molecule has 0 aliphatic carbocycles. The average Bonchev–Trinajstić information content (AvgIpc) is 2.91. The molecule has 22 heavy (non-hydrogen) atoms. The minimum atomic E-state index is -0.126. The number of ether oxygens (including phenoxy) is 1. The van der Waals surface area contributed by atoms with Crippen molar-refractivity contribution in [1.29, 1.82) is 0 Å². The number of aliphatic imine (C=N–C) groups is 1. The molecule has 5 heteroatoms. The minimum absolute atomic E-state index is 0.126. The minimum Gasteiger partial charge on any atom is -0.494 e. The van der Waals surface area contributed by atoms with E-state index < -0.39 is 0 Å². The van der Waals surface area contributed by atoms with E-state index in [1.54, 1.807) is 0 Å². The fourth-order valence-corrected chi connectivity index (χ4v) is 3.56. The van der Waals surface area contributed by atoms with E-state index in [4.69, 9.17) is 4.74 Å². The first kappa shape index (κ1) is 15.2. The van der Waals surface area contributed by atoms with Gasteiger partial charge in [-0.15, -0.1) is 0 Å². The summed E-state index contributed by atoms with van der Waals surface area (Å²) < 4.78 is 5.43. The highest BCUT2D eigenvalue weighted by atomic mass is 32.2. The van der Waals surface area contributed by atoms with Crippen LogP contribution in [-0.4, -0.2) is 35.7 Å². The van der Waals surface area contributed by atoms with E-state index in [-0.39, 0.29) is 5.91 Å². The second-order valence-corrected chi connectivity index (χ2v) is 6.37. The van der Waals surface area contributed by atoms with Gasteiger partial charge >= 0.3 is 0 Å².